The van der Waals surface area contributed by atoms with Crippen LogP contribution in [0.5, 0.6) is 0 Å². The lowest BCUT2D eigenvalue weighted by Crippen LogP contribution is -2.20. The molecule has 0 aliphatic heterocycles. The number of hydrogen-bond acceptors (Lipinski definition) is 4. The number of hydrogen-bond donors (Lipinski definition) is 1. The molecule has 18 heavy (non-hydrogen) atoms. The highest BCUT2D eigenvalue weighted by molar-refractivity contribution is 7.92. The molecule has 0 fully saturated rings. The van der Waals surface area contributed by atoms with Crippen LogP contribution in [-0.2, 0) is 9.84 Å². The Kier molecular flexibility index (Phi) is 4.65. The summed E-state index contributed by atoms with van der Waals surface area (Å²) in [5.41, 5.74) is 5.93. The van der Waals surface area contributed by atoms with Crippen LogP contribution in [0.4, 0.5) is 0 Å². The Balaban J connectivity index is 3.05. The van der Waals surface area contributed by atoms with Crippen molar-refractivity contribution in [3.05, 3.63) is 29.8 Å². The third-order valence-electron chi connectivity index (χ3n) is 2.89. The Morgan fingerprint density at radius 3 is 2.06 bits per heavy atom. The van der Waals surface area contributed by atoms with Gasteiger partial charge in [-0.15, -0.1) is 0 Å². The number of carbonyl (C=O) groups excluding carboxylic acids is 1. The van der Waals surface area contributed by atoms with E-state index in [0.717, 1.165) is 0 Å². The topological polar surface area (TPSA) is 77.2 Å². The summed E-state index contributed by atoms with van der Waals surface area (Å²) in [5, 5.41) is -0.470. The fraction of sp³-hybridized carbons (Fsp3) is 0.462. The molecule has 4 nitrogen and oxygen atoms in total. The molecular weight excluding hydrogens is 250 g/mol. The van der Waals surface area contributed by atoms with Gasteiger partial charge in [-0.25, -0.2) is 8.42 Å². The standard InChI is InChI=1S/C13H19NO3S/c1-9(2)18(16,17)12-6-4-11(5-7-12)13(15)10(3)8-14/h4-7,9-10H,8,14H2,1-3H3. The smallest absolute Gasteiger partial charge is 0.180 e. The van der Waals surface area contributed by atoms with Crippen LogP contribution in [0.1, 0.15) is 31.1 Å². The van der Waals surface area contributed by atoms with Gasteiger partial charge in [0.05, 0.1) is 10.1 Å². The van der Waals surface area contributed by atoms with E-state index in [1.165, 1.54) is 12.1 Å². The molecule has 0 aliphatic carbocycles. The molecule has 0 spiro atoms. The van der Waals surface area contributed by atoms with Crippen molar-refractivity contribution in [3.8, 4) is 0 Å². The first kappa shape index (κ1) is 14.9. The van der Waals surface area contributed by atoms with Gasteiger partial charge in [-0.3, -0.25) is 4.79 Å². The van der Waals surface area contributed by atoms with E-state index in [4.69, 9.17) is 5.73 Å². The summed E-state index contributed by atoms with van der Waals surface area (Å²) in [6.07, 6.45) is 0. The van der Waals surface area contributed by atoms with E-state index in [-0.39, 0.29) is 23.1 Å². The van der Waals surface area contributed by atoms with Crippen molar-refractivity contribution in [2.24, 2.45) is 11.7 Å². The summed E-state index contributed by atoms with van der Waals surface area (Å²) in [5.74, 6) is -0.316. The van der Waals surface area contributed by atoms with Crippen LogP contribution < -0.4 is 5.73 Å². The molecule has 0 aromatic heterocycles. The Bertz CT molecular complexity index is 518. The van der Waals surface area contributed by atoms with Crippen molar-refractivity contribution in [1.29, 1.82) is 0 Å². The molecule has 2 N–H and O–H groups in total. The first-order chi connectivity index (χ1) is 8.30. The molecule has 1 rings (SSSR count). The molecule has 1 aromatic carbocycles. The molecule has 0 amide bonds. The highest BCUT2D eigenvalue weighted by atomic mass is 32.2. The van der Waals surface area contributed by atoms with Gasteiger partial charge < -0.3 is 5.73 Å². The molecule has 0 aliphatic rings. The van der Waals surface area contributed by atoms with Crippen LogP contribution in [0.25, 0.3) is 0 Å². The number of sulfone groups is 1. The van der Waals surface area contributed by atoms with Crippen LogP contribution in [-0.4, -0.2) is 26.0 Å². The maximum atomic E-state index is 11.9. The van der Waals surface area contributed by atoms with Gasteiger partial charge in [0.25, 0.3) is 0 Å². The van der Waals surface area contributed by atoms with Crippen molar-refractivity contribution in [2.45, 2.75) is 30.9 Å². The highest BCUT2D eigenvalue weighted by Crippen LogP contribution is 2.17. The van der Waals surface area contributed by atoms with E-state index < -0.39 is 15.1 Å². The summed E-state index contributed by atoms with van der Waals surface area (Å²) in [4.78, 5) is 12.1. The zero-order valence-corrected chi connectivity index (χ0v) is 11.7. The number of nitrogens with two attached hydrogens (primary N) is 1. The number of benzene rings is 1. The summed E-state index contributed by atoms with van der Waals surface area (Å²) < 4.78 is 23.8. The second kappa shape index (κ2) is 5.63. The molecule has 100 valence electrons. The second-order valence-electron chi connectivity index (χ2n) is 4.62. The SMILES string of the molecule is CC(CN)C(=O)c1ccc(S(=O)(=O)C(C)C)cc1. The molecule has 0 heterocycles. The lowest BCUT2D eigenvalue weighted by atomic mass is 10.00. The second-order valence-corrected chi connectivity index (χ2v) is 7.12. The zero-order valence-electron chi connectivity index (χ0n) is 10.9. The van der Waals surface area contributed by atoms with Gasteiger partial charge in [-0.1, -0.05) is 19.1 Å². The number of carbonyl (C=O) groups is 1. The van der Waals surface area contributed by atoms with Crippen molar-refractivity contribution < 1.29 is 13.2 Å². The van der Waals surface area contributed by atoms with Crippen LogP contribution in [0.2, 0.25) is 0 Å². The van der Waals surface area contributed by atoms with Crippen LogP contribution >= 0.6 is 0 Å². The first-order valence-corrected chi connectivity index (χ1v) is 7.43. The van der Waals surface area contributed by atoms with Crippen LogP contribution in [0.3, 0.4) is 0 Å². The fourth-order valence-electron chi connectivity index (χ4n) is 1.47. The Labute approximate surface area is 108 Å². The molecule has 0 saturated heterocycles. The lowest BCUT2D eigenvalue weighted by molar-refractivity contribution is 0.0934. The quantitative estimate of drug-likeness (QED) is 0.824. The normalized spacial score (nSPS) is 13.6. The number of rotatable bonds is 5. The van der Waals surface area contributed by atoms with E-state index in [1.54, 1.807) is 32.9 Å². The van der Waals surface area contributed by atoms with Gasteiger partial charge in [-0.2, -0.15) is 0 Å². The molecule has 1 aromatic rings. The minimum absolute atomic E-state index is 0.0639. The van der Waals surface area contributed by atoms with Gasteiger partial charge in [-0.05, 0) is 26.0 Å². The summed E-state index contributed by atoms with van der Waals surface area (Å²) in [6.45, 7) is 5.29. The van der Waals surface area contributed by atoms with Crippen molar-refractivity contribution in [2.75, 3.05) is 6.54 Å². The van der Waals surface area contributed by atoms with Crippen LogP contribution in [0, 0.1) is 5.92 Å². The first-order valence-electron chi connectivity index (χ1n) is 5.89. The Morgan fingerprint density at radius 1 is 1.17 bits per heavy atom. The summed E-state index contributed by atoms with van der Waals surface area (Å²) >= 11 is 0. The largest absolute Gasteiger partial charge is 0.330 e. The molecule has 5 heteroatoms. The maximum Gasteiger partial charge on any atom is 0.180 e. The Morgan fingerprint density at radius 2 is 1.67 bits per heavy atom. The van der Waals surface area contributed by atoms with Gasteiger partial charge in [0.15, 0.2) is 15.6 Å². The predicted octanol–water partition coefficient (Wildman–Crippen LogP) is 1.65. The summed E-state index contributed by atoms with van der Waals surface area (Å²) in [6, 6.07) is 6.05. The van der Waals surface area contributed by atoms with Crippen molar-refractivity contribution >= 4 is 15.6 Å². The van der Waals surface area contributed by atoms with E-state index in [2.05, 4.69) is 0 Å². The number of Topliss-reactive ketones (excluding diaryl/α,β-unsaturated/α-hetero) is 1. The highest BCUT2D eigenvalue weighted by Gasteiger charge is 2.20. The minimum Gasteiger partial charge on any atom is -0.330 e. The maximum absolute atomic E-state index is 11.9. The van der Waals surface area contributed by atoms with Gasteiger partial charge >= 0.3 is 0 Å². The molecule has 1 unspecified atom stereocenters. The molecule has 0 radical (unpaired) electrons. The number of ketones is 1. The van der Waals surface area contributed by atoms with E-state index in [1.807, 2.05) is 0 Å². The molecule has 0 bridgehead atoms. The van der Waals surface area contributed by atoms with E-state index >= 15 is 0 Å². The average Bonchev–Trinajstić information content (AvgIpc) is 2.36. The fourth-order valence-corrected chi connectivity index (χ4v) is 2.53. The monoisotopic (exact) mass is 269 g/mol. The summed E-state index contributed by atoms with van der Waals surface area (Å²) in [7, 11) is -3.28. The van der Waals surface area contributed by atoms with Gasteiger partial charge in [0, 0.05) is 18.0 Å². The Hall–Kier alpha value is -1.20. The van der Waals surface area contributed by atoms with Crippen molar-refractivity contribution in [3.63, 3.8) is 0 Å². The van der Waals surface area contributed by atoms with Gasteiger partial charge in [0.1, 0.15) is 0 Å². The third-order valence-corrected chi connectivity index (χ3v) is 5.06. The average molecular weight is 269 g/mol. The lowest BCUT2D eigenvalue weighted by Gasteiger charge is -2.10. The van der Waals surface area contributed by atoms with E-state index in [9.17, 15) is 13.2 Å². The third kappa shape index (κ3) is 2.97. The molecule has 1 atom stereocenters. The zero-order chi connectivity index (χ0) is 13.9. The van der Waals surface area contributed by atoms with Crippen molar-refractivity contribution in [1.82, 2.24) is 0 Å². The van der Waals surface area contributed by atoms with Gasteiger partial charge in [0.2, 0.25) is 0 Å². The predicted molar refractivity (Wildman–Crippen MR) is 71.3 cm³/mol. The minimum atomic E-state index is -3.28. The van der Waals surface area contributed by atoms with Crippen LogP contribution in [0.15, 0.2) is 29.2 Å². The van der Waals surface area contributed by atoms with E-state index in [0.29, 0.717) is 5.56 Å². The molecule has 0 saturated carbocycles. The molecular formula is C13H19NO3S.